The zero-order valence-electron chi connectivity index (χ0n) is 11.2. The maximum atomic E-state index is 12.9. The van der Waals surface area contributed by atoms with Gasteiger partial charge in [-0.3, -0.25) is 4.79 Å². The third kappa shape index (κ3) is 1.84. The molecule has 0 aromatic carbocycles. The largest absolute Gasteiger partial charge is 0.350 e. The van der Waals surface area contributed by atoms with Crippen LogP contribution in [-0.4, -0.2) is 24.3 Å². The van der Waals surface area contributed by atoms with Crippen LogP contribution in [0.3, 0.4) is 0 Å². The Labute approximate surface area is 118 Å². The Balaban J connectivity index is 1.94. The van der Waals surface area contributed by atoms with E-state index in [9.17, 15) is 9.18 Å². The predicted molar refractivity (Wildman–Crippen MR) is 73.8 cm³/mol. The number of hydrogen-bond acceptors (Lipinski definition) is 4. The van der Waals surface area contributed by atoms with Gasteiger partial charge in [-0.1, -0.05) is 0 Å². The Morgan fingerprint density at radius 3 is 2.71 bits per heavy atom. The molecule has 0 aliphatic carbocycles. The van der Waals surface area contributed by atoms with Gasteiger partial charge in [-0.05, 0) is 19.3 Å². The average Bonchev–Trinajstić information content (AvgIpc) is 2.89. The zero-order valence-corrected chi connectivity index (χ0v) is 11.2. The van der Waals surface area contributed by atoms with Crippen molar-refractivity contribution in [3.63, 3.8) is 0 Å². The first kappa shape index (κ1) is 12.2. The summed E-state index contributed by atoms with van der Waals surface area (Å²) in [6, 6.07) is 0. The van der Waals surface area contributed by atoms with E-state index in [-0.39, 0.29) is 11.5 Å². The summed E-state index contributed by atoms with van der Waals surface area (Å²) in [6.45, 7) is 0.927. The summed E-state index contributed by atoms with van der Waals surface area (Å²) in [5, 5.41) is 5.62. The lowest BCUT2D eigenvalue weighted by Gasteiger charge is -2.14. The lowest BCUT2D eigenvalue weighted by atomic mass is 10.1. The molecule has 106 valence electrons. The Bertz CT molecular complexity index is 881. The Morgan fingerprint density at radius 1 is 1.10 bits per heavy atom. The molecule has 21 heavy (non-hydrogen) atoms. The molecule has 0 saturated carbocycles. The second-order valence-electron chi connectivity index (χ2n) is 5.12. The Morgan fingerprint density at radius 2 is 1.90 bits per heavy atom. The van der Waals surface area contributed by atoms with Gasteiger partial charge in [-0.25, -0.2) is 14.4 Å². The van der Waals surface area contributed by atoms with Gasteiger partial charge in [0.05, 0.1) is 24.0 Å². The van der Waals surface area contributed by atoms with Crippen molar-refractivity contribution in [1.82, 2.24) is 24.3 Å². The fraction of sp³-hybridized carbons (Fsp3) is 0.286. The van der Waals surface area contributed by atoms with Crippen LogP contribution in [0, 0.1) is 5.82 Å². The molecule has 0 radical (unpaired) electrons. The third-order valence-corrected chi connectivity index (χ3v) is 3.82. The van der Waals surface area contributed by atoms with Crippen LogP contribution in [0.2, 0.25) is 0 Å². The number of rotatable bonds is 1. The molecule has 7 heteroatoms. The van der Waals surface area contributed by atoms with Gasteiger partial charge >= 0.3 is 0 Å². The van der Waals surface area contributed by atoms with Crippen LogP contribution in [-0.2, 0) is 13.0 Å². The number of aryl methyl sites for hydroxylation is 2. The van der Waals surface area contributed by atoms with Crippen molar-refractivity contribution >= 4 is 10.8 Å². The van der Waals surface area contributed by atoms with Crippen LogP contribution in [0.1, 0.15) is 18.5 Å². The molecule has 0 spiro atoms. The molecule has 1 aliphatic heterocycles. The summed E-state index contributed by atoms with van der Waals surface area (Å²) in [5.41, 5.74) is 0.883. The van der Waals surface area contributed by atoms with Crippen molar-refractivity contribution < 1.29 is 4.39 Å². The zero-order chi connectivity index (χ0) is 14.4. The molecule has 4 heterocycles. The fourth-order valence-electron chi connectivity index (χ4n) is 2.82. The summed E-state index contributed by atoms with van der Waals surface area (Å²) in [4.78, 5) is 20.2. The number of hydrogen-bond donors (Lipinski definition) is 0. The SMILES string of the molecule is O=c1c2cn3c(c2cnn1-c1ncc(F)cn1)CCCC3. The maximum absolute atomic E-state index is 12.9. The van der Waals surface area contributed by atoms with Gasteiger partial charge in [-0.2, -0.15) is 9.78 Å². The molecular formula is C14H12FN5O. The van der Waals surface area contributed by atoms with Crippen LogP contribution in [0.15, 0.2) is 29.6 Å². The average molecular weight is 285 g/mol. The van der Waals surface area contributed by atoms with E-state index in [0.717, 1.165) is 54.0 Å². The van der Waals surface area contributed by atoms with Gasteiger partial charge in [-0.15, -0.1) is 0 Å². The predicted octanol–water partition coefficient (Wildman–Crippen LogP) is 1.45. The van der Waals surface area contributed by atoms with Crippen molar-refractivity contribution in [2.45, 2.75) is 25.8 Å². The van der Waals surface area contributed by atoms with Crippen molar-refractivity contribution in [1.29, 1.82) is 0 Å². The number of nitrogens with zero attached hydrogens (tertiary/aromatic N) is 5. The molecule has 1 aliphatic rings. The Kier molecular flexibility index (Phi) is 2.60. The lowest BCUT2D eigenvalue weighted by Crippen LogP contribution is -2.22. The van der Waals surface area contributed by atoms with E-state index in [2.05, 4.69) is 19.6 Å². The van der Waals surface area contributed by atoms with Crippen molar-refractivity contribution in [2.24, 2.45) is 0 Å². The van der Waals surface area contributed by atoms with E-state index in [1.54, 1.807) is 6.20 Å². The van der Waals surface area contributed by atoms with Crippen LogP contribution >= 0.6 is 0 Å². The van der Waals surface area contributed by atoms with Crippen LogP contribution in [0.4, 0.5) is 4.39 Å². The van der Waals surface area contributed by atoms with Crippen LogP contribution in [0.5, 0.6) is 0 Å². The normalized spacial score (nSPS) is 14.3. The summed E-state index contributed by atoms with van der Waals surface area (Å²) >= 11 is 0. The first-order valence-electron chi connectivity index (χ1n) is 6.82. The van der Waals surface area contributed by atoms with Gasteiger partial charge in [0, 0.05) is 23.8 Å². The molecule has 0 unspecified atom stereocenters. The summed E-state index contributed by atoms with van der Waals surface area (Å²) < 4.78 is 16.1. The van der Waals surface area contributed by atoms with E-state index in [1.807, 2.05) is 6.20 Å². The minimum atomic E-state index is -0.549. The first-order valence-corrected chi connectivity index (χ1v) is 6.82. The molecule has 0 fully saturated rings. The van der Waals surface area contributed by atoms with E-state index in [1.165, 1.54) is 0 Å². The first-order chi connectivity index (χ1) is 10.2. The Hall–Kier alpha value is -2.57. The highest BCUT2D eigenvalue weighted by atomic mass is 19.1. The third-order valence-electron chi connectivity index (χ3n) is 3.82. The smallest absolute Gasteiger partial charge is 0.283 e. The van der Waals surface area contributed by atoms with Crippen molar-refractivity contribution in [2.75, 3.05) is 0 Å². The van der Waals surface area contributed by atoms with E-state index in [0.29, 0.717) is 5.39 Å². The number of halogens is 1. The topological polar surface area (TPSA) is 65.6 Å². The molecular weight excluding hydrogens is 273 g/mol. The molecule has 0 bridgehead atoms. The number of aromatic nitrogens is 5. The van der Waals surface area contributed by atoms with E-state index >= 15 is 0 Å². The minimum absolute atomic E-state index is 0.0764. The van der Waals surface area contributed by atoms with Gasteiger partial charge in [0.25, 0.3) is 11.5 Å². The van der Waals surface area contributed by atoms with Crippen molar-refractivity contribution in [3.05, 3.63) is 46.7 Å². The van der Waals surface area contributed by atoms with Gasteiger partial charge in [0.1, 0.15) is 0 Å². The molecule has 6 nitrogen and oxygen atoms in total. The van der Waals surface area contributed by atoms with Gasteiger partial charge in [0.15, 0.2) is 5.82 Å². The van der Waals surface area contributed by atoms with Gasteiger partial charge < -0.3 is 4.57 Å². The minimum Gasteiger partial charge on any atom is -0.350 e. The lowest BCUT2D eigenvalue weighted by molar-refractivity contribution is 0.536. The molecule has 3 aromatic heterocycles. The monoisotopic (exact) mass is 285 g/mol. The highest BCUT2D eigenvalue weighted by Gasteiger charge is 2.17. The molecule has 3 aromatic rings. The van der Waals surface area contributed by atoms with Gasteiger partial charge in [0.2, 0.25) is 0 Å². The number of fused-ring (bicyclic) bond motifs is 3. The quantitative estimate of drug-likeness (QED) is 0.679. The molecule has 0 atom stereocenters. The summed E-state index contributed by atoms with van der Waals surface area (Å²) in [7, 11) is 0. The highest BCUT2D eigenvalue weighted by Crippen LogP contribution is 2.24. The summed E-state index contributed by atoms with van der Waals surface area (Å²) in [5.74, 6) is -0.473. The maximum Gasteiger partial charge on any atom is 0.283 e. The second kappa shape index (κ2) is 4.47. The highest BCUT2D eigenvalue weighted by molar-refractivity contribution is 5.84. The summed E-state index contributed by atoms with van der Waals surface area (Å²) in [6.07, 6.45) is 8.78. The molecule has 4 rings (SSSR count). The molecule has 0 amide bonds. The second-order valence-corrected chi connectivity index (χ2v) is 5.12. The van der Waals surface area contributed by atoms with E-state index < -0.39 is 5.82 Å². The van der Waals surface area contributed by atoms with E-state index in [4.69, 9.17) is 0 Å². The van der Waals surface area contributed by atoms with Crippen LogP contribution in [0.25, 0.3) is 16.7 Å². The van der Waals surface area contributed by atoms with Crippen LogP contribution < -0.4 is 5.56 Å². The van der Waals surface area contributed by atoms with Crippen molar-refractivity contribution in [3.8, 4) is 5.95 Å². The molecule has 0 saturated heterocycles. The fourth-order valence-corrected chi connectivity index (χ4v) is 2.82. The molecule has 0 N–H and O–H groups in total. The standard InChI is InChI=1S/C14H12FN5O/c15-9-5-16-14(17-6-9)20-13(21)11-8-19-4-2-1-3-12(19)10(11)7-18-20/h5-8H,1-4H2.